The second-order valence-electron chi connectivity index (χ2n) is 5.56. The molecule has 1 aliphatic rings. The largest absolute Gasteiger partial charge is 0.466 e. The number of nitrogens with zero attached hydrogens (tertiary/aromatic N) is 2. The fourth-order valence-corrected chi connectivity index (χ4v) is 4.12. The molecule has 0 unspecified atom stereocenters. The minimum absolute atomic E-state index is 0.0622. The summed E-state index contributed by atoms with van der Waals surface area (Å²) in [4.78, 5) is 26.0. The van der Waals surface area contributed by atoms with Gasteiger partial charge in [0, 0.05) is 12.7 Å². The van der Waals surface area contributed by atoms with E-state index < -0.39 is 12.0 Å². The highest BCUT2D eigenvalue weighted by Gasteiger charge is 2.43. The average molecular weight is 356 g/mol. The Bertz CT molecular complexity index is 813. The molecular weight excluding hydrogens is 340 g/mol. The first-order valence-corrected chi connectivity index (χ1v) is 8.74. The van der Waals surface area contributed by atoms with Crippen LogP contribution >= 0.6 is 11.8 Å². The van der Waals surface area contributed by atoms with Crippen molar-refractivity contribution in [2.24, 2.45) is 0 Å². The zero-order valence-corrected chi connectivity index (χ0v) is 14.4. The van der Waals surface area contributed by atoms with Crippen molar-refractivity contribution in [3.05, 3.63) is 59.5 Å². The van der Waals surface area contributed by atoms with Gasteiger partial charge in [-0.05, 0) is 29.8 Å². The molecule has 0 spiro atoms. The van der Waals surface area contributed by atoms with E-state index in [1.807, 2.05) is 6.07 Å². The Hall–Kier alpha value is -2.72. The number of benzene rings is 1. The van der Waals surface area contributed by atoms with Gasteiger partial charge in [0.05, 0.1) is 17.9 Å². The van der Waals surface area contributed by atoms with Crippen molar-refractivity contribution in [1.29, 1.82) is 5.26 Å². The lowest BCUT2D eigenvalue weighted by Crippen LogP contribution is -2.42. The summed E-state index contributed by atoms with van der Waals surface area (Å²) < 4.78 is 10.8. The smallest absolute Gasteiger partial charge is 0.330 e. The van der Waals surface area contributed by atoms with Gasteiger partial charge in [0.1, 0.15) is 23.8 Å². The normalized spacial score (nSPS) is 19.4. The van der Waals surface area contributed by atoms with Gasteiger partial charge in [0.2, 0.25) is 5.91 Å². The molecular formula is C18H16N2O4S. The van der Waals surface area contributed by atoms with E-state index in [4.69, 9.17) is 14.4 Å². The van der Waals surface area contributed by atoms with E-state index in [0.29, 0.717) is 17.1 Å². The SMILES string of the molecule is CC(=O)N1[C@@H](C(=O)OCc2cccc(C#N)c2)CS[C@@H]1c1ccco1. The number of nitriles is 1. The molecule has 0 radical (unpaired) electrons. The lowest BCUT2D eigenvalue weighted by Gasteiger charge is -2.25. The van der Waals surface area contributed by atoms with E-state index in [1.54, 1.807) is 42.7 Å². The maximum Gasteiger partial charge on any atom is 0.330 e. The van der Waals surface area contributed by atoms with Crippen LogP contribution in [0.1, 0.15) is 29.2 Å². The van der Waals surface area contributed by atoms with E-state index in [1.165, 1.54) is 23.6 Å². The van der Waals surface area contributed by atoms with Gasteiger partial charge in [-0.15, -0.1) is 11.8 Å². The van der Waals surface area contributed by atoms with Crippen LogP contribution in [0.3, 0.4) is 0 Å². The molecule has 0 aliphatic carbocycles. The second kappa shape index (κ2) is 7.45. The number of rotatable bonds is 4. The molecule has 2 atom stereocenters. The highest BCUT2D eigenvalue weighted by Crippen LogP contribution is 2.41. The van der Waals surface area contributed by atoms with Crippen LogP contribution in [0.15, 0.2) is 47.1 Å². The fraction of sp³-hybridized carbons (Fsp3) is 0.278. The standard InChI is InChI=1S/C18H16N2O4S/c1-12(21)20-15(11-25-17(20)16-6-3-7-23-16)18(22)24-10-14-5-2-4-13(8-14)9-19/h2-8,15,17H,10-11H2,1H3/t15-,17-/m1/s1. The summed E-state index contributed by atoms with van der Waals surface area (Å²) in [5.74, 6) is 0.415. The molecule has 1 aromatic carbocycles. The number of hydrogen-bond acceptors (Lipinski definition) is 6. The highest BCUT2D eigenvalue weighted by atomic mass is 32.2. The summed E-state index contributed by atoms with van der Waals surface area (Å²) in [5, 5.41) is 8.59. The average Bonchev–Trinajstić information content (AvgIpc) is 3.28. The molecule has 2 aromatic rings. The summed E-state index contributed by atoms with van der Waals surface area (Å²) >= 11 is 1.47. The number of carbonyl (C=O) groups is 2. The van der Waals surface area contributed by atoms with Gasteiger partial charge in [-0.3, -0.25) is 4.79 Å². The number of furan rings is 1. The molecule has 1 aromatic heterocycles. The van der Waals surface area contributed by atoms with Crippen LogP contribution in [0.2, 0.25) is 0 Å². The topological polar surface area (TPSA) is 83.5 Å². The summed E-state index contributed by atoms with van der Waals surface area (Å²) in [6, 6.07) is 11.8. The summed E-state index contributed by atoms with van der Waals surface area (Å²) in [6.45, 7) is 1.49. The van der Waals surface area contributed by atoms with Gasteiger partial charge in [0.25, 0.3) is 0 Å². The van der Waals surface area contributed by atoms with Gasteiger partial charge in [-0.1, -0.05) is 12.1 Å². The van der Waals surface area contributed by atoms with Gasteiger partial charge >= 0.3 is 5.97 Å². The Labute approximate surface area is 149 Å². The molecule has 7 heteroatoms. The molecule has 0 saturated carbocycles. The number of thioether (sulfide) groups is 1. The number of amides is 1. The quantitative estimate of drug-likeness (QED) is 0.783. The monoisotopic (exact) mass is 356 g/mol. The van der Waals surface area contributed by atoms with Crippen molar-refractivity contribution in [3.63, 3.8) is 0 Å². The van der Waals surface area contributed by atoms with Crippen molar-refractivity contribution in [1.82, 2.24) is 4.90 Å². The van der Waals surface area contributed by atoms with Gasteiger partial charge in [0.15, 0.2) is 0 Å². The van der Waals surface area contributed by atoms with Crippen molar-refractivity contribution >= 4 is 23.6 Å². The van der Waals surface area contributed by atoms with Crippen LogP contribution < -0.4 is 0 Å². The number of ether oxygens (including phenoxy) is 1. The van der Waals surface area contributed by atoms with E-state index in [-0.39, 0.29) is 17.9 Å². The molecule has 2 heterocycles. The minimum atomic E-state index is -0.656. The van der Waals surface area contributed by atoms with Gasteiger partial charge in [-0.25, -0.2) is 4.79 Å². The van der Waals surface area contributed by atoms with Crippen LogP contribution in [-0.2, 0) is 20.9 Å². The molecule has 6 nitrogen and oxygen atoms in total. The Balaban J connectivity index is 1.68. The van der Waals surface area contributed by atoms with Crippen molar-refractivity contribution < 1.29 is 18.7 Å². The highest BCUT2D eigenvalue weighted by molar-refractivity contribution is 7.99. The van der Waals surface area contributed by atoms with E-state index in [9.17, 15) is 9.59 Å². The van der Waals surface area contributed by atoms with Crippen molar-refractivity contribution in [3.8, 4) is 6.07 Å². The Morgan fingerprint density at radius 3 is 2.92 bits per heavy atom. The van der Waals surface area contributed by atoms with E-state index in [2.05, 4.69) is 0 Å². The maximum atomic E-state index is 12.5. The minimum Gasteiger partial charge on any atom is -0.466 e. The van der Waals surface area contributed by atoms with Crippen LogP contribution in [0.25, 0.3) is 0 Å². The van der Waals surface area contributed by atoms with Crippen LogP contribution in [0, 0.1) is 11.3 Å². The first-order valence-electron chi connectivity index (χ1n) is 7.69. The molecule has 1 fully saturated rings. The molecule has 1 aliphatic heterocycles. The lowest BCUT2D eigenvalue weighted by molar-refractivity contribution is -0.154. The van der Waals surface area contributed by atoms with E-state index >= 15 is 0 Å². The van der Waals surface area contributed by atoms with Crippen molar-refractivity contribution in [2.45, 2.75) is 24.9 Å². The molecule has 1 amide bonds. The molecule has 1 saturated heterocycles. The number of hydrogen-bond donors (Lipinski definition) is 0. The Morgan fingerprint density at radius 2 is 2.24 bits per heavy atom. The van der Waals surface area contributed by atoms with Crippen LogP contribution in [0.4, 0.5) is 0 Å². The van der Waals surface area contributed by atoms with Gasteiger partial charge < -0.3 is 14.1 Å². The molecule has 0 bridgehead atoms. The molecule has 3 rings (SSSR count). The first kappa shape index (κ1) is 17.1. The number of carbonyl (C=O) groups excluding carboxylic acids is 2. The third-order valence-corrected chi connectivity index (χ3v) is 5.14. The van der Waals surface area contributed by atoms with E-state index in [0.717, 1.165) is 5.56 Å². The number of esters is 1. The lowest BCUT2D eigenvalue weighted by atomic mass is 10.1. The predicted molar refractivity (Wildman–Crippen MR) is 91.2 cm³/mol. The summed E-state index contributed by atoms with van der Waals surface area (Å²) in [5.41, 5.74) is 1.24. The zero-order valence-electron chi connectivity index (χ0n) is 13.5. The third-order valence-electron chi connectivity index (χ3n) is 3.86. The van der Waals surface area contributed by atoms with Crippen molar-refractivity contribution in [2.75, 3.05) is 5.75 Å². The summed E-state index contributed by atoms with van der Waals surface area (Å²) in [6.07, 6.45) is 1.54. The molecule has 0 N–H and O–H groups in total. The predicted octanol–water partition coefficient (Wildman–Crippen LogP) is 2.86. The third kappa shape index (κ3) is 3.69. The molecule has 25 heavy (non-hydrogen) atoms. The Morgan fingerprint density at radius 1 is 1.40 bits per heavy atom. The Kier molecular flexibility index (Phi) is 5.10. The maximum absolute atomic E-state index is 12.5. The van der Waals surface area contributed by atoms with Crippen LogP contribution in [-0.4, -0.2) is 28.6 Å². The molecule has 128 valence electrons. The fourth-order valence-electron chi connectivity index (χ4n) is 2.70. The summed E-state index contributed by atoms with van der Waals surface area (Å²) in [7, 11) is 0. The second-order valence-corrected chi connectivity index (χ2v) is 6.68. The zero-order chi connectivity index (χ0) is 17.8. The first-order chi connectivity index (χ1) is 12.1. The van der Waals surface area contributed by atoms with Crippen LogP contribution in [0.5, 0.6) is 0 Å². The van der Waals surface area contributed by atoms with Gasteiger partial charge in [-0.2, -0.15) is 5.26 Å².